The lowest BCUT2D eigenvalue weighted by molar-refractivity contribution is -0.377. The van der Waals surface area contributed by atoms with E-state index in [9.17, 15) is 45.6 Å². The first-order valence-electron chi connectivity index (χ1n) is 10.3. The molecule has 3 heterocycles. The molecule has 0 bridgehead atoms. The minimum atomic E-state index is -1.98. The number of aliphatic hydroxyl groups excluding tert-OH is 8. The Bertz CT molecular complexity index is 679. The minimum Gasteiger partial charge on any atom is -0.479 e. The highest BCUT2D eigenvalue weighted by Gasteiger charge is 2.53. The molecule has 0 aromatic rings. The van der Waals surface area contributed by atoms with E-state index in [2.05, 4.69) is 0 Å². The third-order valence-corrected chi connectivity index (χ3v) is 5.98. The van der Waals surface area contributed by atoms with E-state index in [4.69, 9.17) is 28.8 Å². The summed E-state index contributed by atoms with van der Waals surface area (Å²) < 4.78 is 26.2. The van der Waals surface area contributed by atoms with E-state index in [1.165, 1.54) is 13.8 Å². The molecule has 0 spiro atoms. The van der Waals surface area contributed by atoms with Crippen LogP contribution in [0.2, 0.25) is 0 Å². The molecule has 3 rings (SSSR count). The Balaban J connectivity index is 1.75. The van der Waals surface area contributed by atoms with Crippen molar-refractivity contribution in [3.8, 4) is 0 Å². The number of carbonyl (C=O) groups is 1. The summed E-state index contributed by atoms with van der Waals surface area (Å²) >= 11 is 0. The molecule has 192 valence electrons. The first-order chi connectivity index (χ1) is 15.3. The van der Waals surface area contributed by atoms with Crippen LogP contribution in [-0.4, -0.2) is 144 Å². The predicted octanol–water partition coefficient (Wildman–Crippen LogP) is -5.43. The van der Waals surface area contributed by atoms with Crippen molar-refractivity contribution in [1.29, 1.82) is 0 Å². The van der Waals surface area contributed by atoms with Crippen molar-refractivity contribution in [2.45, 2.75) is 106 Å². The zero-order valence-corrected chi connectivity index (χ0v) is 17.6. The molecule has 15 nitrogen and oxygen atoms in total. The van der Waals surface area contributed by atoms with Gasteiger partial charge in [0.2, 0.25) is 0 Å². The highest BCUT2D eigenvalue weighted by molar-refractivity contribution is 5.73. The summed E-state index contributed by atoms with van der Waals surface area (Å²) in [5, 5.41) is 90.3. The topological polar surface area (TPSA) is 245 Å². The van der Waals surface area contributed by atoms with Gasteiger partial charge in [0.25, 0.3) is 0 Å². The Labute approximate surface area is 187 Å². The van der Waals surface area contributed by atoms with Crippen LogP contribution in [0.15, 0.2) is 0 Å². The van der Waals surface area contributed by atoms with Gasteiger partial charge in [0.1, 0.15) is 54.9 Å². The van der Waals surface area contributed by atoms with E-state index < -0.39 is 98.1 Å². The van der Waals surface area contributed by atoms with Crippen LogP contribution in [0, 0.1) is 0 Å². The molecule has 0 radical (unpaired) electrons. The molecule has 3 aliphatic rings. The number of carboxylic acids is 1. The van der Waals surface area contributed by atoms with Gasteiger partial charge in [-0.15, -0.1) is 0 Å². The molecule has 15 atom stereocenters. The molecule has 15 heteroatoms. The first kappa shape index (κ1) is 26.6. The number of hydrogen-bond acceptors (Lipinski definition) is 14. The van der Waals surface area contributed by atoms with Gasteiger partial charge in [-0.05, 0) is 13.8 Å². The summed E-state index contributed by atoms with van der Waals surface area (Å²) in [4.78, 5) is 11.3. The van der Waals surface area contributed by atoms with Gasteiger partial charge >= 0.3 is 5.97 Å². The lowest BCUT2D eigenvalue weighted by Crippen LogP contribution is -2.66. The lowest BCUT2D eigenvalue weighted by Gasteiger charge is -2.47. The molecular formula is C18H30O15. The lowest BCUT2D eigenvalue weighted by atomic mass is 9.96. The van der Waals surface area contributed by atoms with Gasteiger partial charge < -0.3 is 69.6 Å². The summed E-state index contributed by atoms with van der Waals surface area (Å²) in [6.07, 6.45) is -24.8. The molecule has 3 fully saturated rings. The van der Waals surface area contributed by atoms with Gasteiger partial charge in [0.15, 0.2) is 25.0 Å². The fourth-order valence-electron chi connectivity index (χ4n) is 3.91. The van der Waals surface area contributed by atoms with Crippen molar-refractivity contribution in [3.63, 3.8) is 0 Å². The van der Waals surface area contributed by atoms with Crippen LogP contribution in [0.25, 0.3) is 0 Å². The molecule has 33 heavy (non-hydrogen) atoms. The second-order valence-electron chi connectivity index (χ2n) is 8.34. The van der Waals surface area contributed by atoms with E-state index in [0.717, 1.165) is 0 Å². The van der Waals surface area contributed by atoms with Gasteiger partial charge in [-0.3, -0.25) is 0 Å². The van der Waals surface area contributed by atoms with E-state index in [-0.39, 0.29) is 0 Å². The van der Waals surface area contributed by atoms with E-state index in [0.29, 0.717) is 0 Å². The van der Waals surface area contributed by atoms with Crippen LogP contribution in [0.3, 0.4) is 0 Å². The Morgan fingerprint density at radius 3 is 1.76 bits per heavy atom. The minimum absolute atomic E-state index is 0.919. The van der Waals surface area contributed by atoms with Gasteiger partial charge in [-0.2, -0.15) is 0 Å². The van der Waals surface area contributed by atoms with Crippen LogP contribution in [0.5, 0.6) is 0 Å². The molecule has 3 saturated heterocycles. The van der Waals surface area contributed by atoms with Gasteiger partial charge in [0, 0.05) is 0 Å². The zero-order chi connectivity index (χ0) is 24.8. The predicted molar refractivity (Wildman–Crippen MR) is 99.0 cm³/mol. The normalized spacial score (nSPS) is 53.6. The smallest absolute Gasteiger partial charge is 0.335 e. The third-order valence-electron chi connectivity index (χ3n) is 5.98. The Morgan fingerprint density at radius 2 is 1.15 bits per heavy atom. The van der Waals surface area contributed by atoms with E-state index >= 15 is 0 Å². The van der Waals surface area contributed by atoms with Crippen LogP contribution in [0.4, 0.5) is 0 Å². The molecule has 0 aromatic heterocycles. The molecule has 9 N–H and O–H groups in total. The summed E-state index contributed by atoms with van der Waals surface area (Å²) in [6, 6.07) is 0. The second kappa shape index (κ2) is 10.3. The van der Waals surface area contributed by atoms with Crippen molar-refractivity contribution in [2.75, 3.05) is 0 Å². The molecule has 0 amide bonds. The number of ether oxygens (including phenoxy) is 5. The summed E-state index contributed by atoms with van der Waals surface area (Å²) in [7, 11) is 0. The van der Waals surface area contributed by atoms with E-state index in [1.807, 2.05) is 0 Å². The van der Waals surface area contributed by atoms with Crippen molar-refractivity contribution in [2.24, 2.45) is 0 Å². The van der Waals surface area contributed by atoms with Gasteiger partial charge in [0.05, 0.1) is 12.2 Å². The van der Waals surface area contributed by atoms with Crippen LogP contribution < -0.4 is 0 Å². The quantitative estimate of drug-likeness (QED) is 0.176. The average molecular weight is 486 g/mol. The monoisotopic (exact) mass is 486 g/mol. The summed E-state index contributed by atoms with van der Waals surface area (Å²) in [6.45, 7) is 2.77. The maximum absolute atomic E-state index is 11.3. The molecule has 15 unspecified atom stereocenters. The Kier molecular flexibility index (Phi) is 8.28. The second-order valence-corrected chi connectivity index (χ2v) is 8.34. The maximum atomic E-state index is 11.3. The van der Waals surface area contributed by atoms with Crippen molar-refractivity contribution in [1.82, 2.24) is 0 Å². The van der Waals surface area contributed by atoms with Crippen LogP contribution in [-0.2, 0) is 28.5 Å². The van der Waals surface area contributed by atoms with Gasteiger partial charge in [-0.1, -0.05) is 0 Å². The molecule has 3 aliphatic heterocycles. The van der Waals surface area contributed by atoms with Crippen molar-refractivity contribution >= 4 is 5.97 Å². The summed E-state index contributed by atoms with van der Waals surface area (Å²) in [5.41, 5.74) is 0. The van der Waals surface area contributed by atoms with Crippen LogP contribution in [0.1, 0.15) is 13.8 Å². The SMILES string of the molecule is CC1OC(O)C(OC2OC(C)C(O)C(OC3OC(C(=O)O)C(O)C(O)C3O)C2O)C(O)C1O. The summed E-state index contributed by atoms with van der Waals surface area (Å²) in [5.74, 6) is -1.65. The molecule has 0 aliphatic carbocycles. The van der Waals surface area contributed by atoms with Crippen LogP contribution >= 0.6 is 0 Å². The molecular weight excluding hydrogens is 456 g/mol. The number of carboxylic acid groups (broad SMARTS) is 1. The highest BCUT2D eigenvalue weighted by Crippen LogP contribution is 2.32. The number of hydrogen-bond donors (Lipinski definition) is 9. The fourth-order valence-corrected chi connectivity index (χ4v) is 3.91. The average Bonchev–Trinajstić information content (AvgIpc) is 2.75. The Morgan fingerprint density at radius 1 is 0.606 bits per heavy atom. The highest BCUT2D eigenvalue weighted by atomic mass is 16.7. The Hall–Kier alpha value is -1.05. The molecule has 0 saturated carbocycles. The van der Waals surface area contributed by atoms with Crippen molar-refractivity contribution in [3.05, 3.63) is 0 Å². The fraction of sp³-hybridized carbons (Fsp3) is 0.944. The van der Waals surface area contributed by atoms with Crippen molar-refractivity contribution < 1.29 is 74.4 Å². The van der Waals surface area contributed by atoms with E-state index in [1.54, 1.807) is 0 Å². The number of aliphatic hydroxyl groups is 8. The third kappa shape index (κ3) is 5.15. The molecule has 0 aromatic carbocycles. The number of rotatable bonds is 5. The first-order valence-corrected chi connectivity index (χ1v) is 10.3. The standard InChI is InChI=1S/C18H30O15/c1-3-5(19)8(22)14(16(28)29-3)33-18-11(25)12(6(20)4(2)30-18)31-17-10(24)7(21)9(23)13(32-17)15(26)27/h3-14,16-25,28H,1-2H3,(H,26,27). The van der Waals surface area contributed by atoms with Gasteiger partial charge in [-0.25, -0.2) is 4.79 Å². The maximum Gasteiger partial charge on any atom is 0.335 e. The zero-order valence-electron chi connectivity index (χ0n) is 17.6. The largest absolute Gasteiger partial charge is 0.479 e. The number of aliphatic carboxylic acids is 1.